The van der Waals surface area contributed by atoms with Gasteiger partial charge in [-0.2, -0.15) is 0 Å². The van der Waals surface area contributed by atoms with Gasteiger partial charge in [-0.1, -0.05) is 0 Å². The fourth-order valence-corrected chi connectivity index (χ4v) is 3.44. The summed E-state index contributed by atoms with van der Waals surface area (Å²) in [4.78, 5) is 18.5. The first-order chi connectivity index (χ1) is 10.6. The van der Waals surface area contributed by atoms with Crippen LogP contribution in [-0.4, -0.2) is 52.8 Å². The van der Waals surface area contributed by atoms with E-state index in [0.29, 0.717) is 5.92 Å². The second-order valence-corrected chi connectivity index (χ2v) is 6.57. The van der Waals surface area contributed by atoms with Crippen LogP contribution in [0.5, 0.6) is 0 Å². The third-order valence-corrected chi connectivity index (χ3v) is 4.80. The molecule has 3 unspecified atom stereocenters. The largest absolute Gasteiger partial charge is 0.376 e. The standard InChI is InChI=1S/C16H26N4O2/c1-12(14-4-3-9-22-14)18-16(21)19(2)11-13-5-7-20-8-6-17-15(20)10-13/h6,8,12-14H,3-5,7,9-11H2,1-2H3,(H,18,21). The van der Waals surface area contributed by atoms with Crippen LogP contribution in [-0.2, 0) is 17.7 Å². The monoisotopic (exact) mass is 306 g/mol. The SMILES string of the molecule is CC(NC(=O)N(C)CC1CCn2ccnc2C1)C1CCCO1. The van der Waals surface area contributed by atoms with Gasteiger partial charge < -0.3 is 19.5 Å². The van der Waals surface area contributed by atoms with E-state index in [1.54, 1.807) is 4.90 Å². The van der Waals surface area contributed by atoms with Gasteiger partial charge in [0.25, 0.3) is 0 Å². The van der Waals surface area contributed by atoms with Gasteiger partial charge in [-0.15, -0.1) is 0 Å². The van der Waals surface area contributed by atoms with E-state index in [0.717, 1.165) is 51.2 Å². The van der Waals surface area contributed by atoms with E-state index in [1.807, 2.05) is 26.4 Å². The van der Waals surface area contributed by atoms with Gasteiger partial charge in [-0.05, 0) is 32.1 Å². The highest BCUT2D eigenvalue weighted by Crippen LogP contribution is 2.20. The number of nitrogens with zero attached hydrogens (tertiary/aromatic N) is 3. The van der Waals surface area contributed by atoms with Crippen LogP contribution in [0.1, 0.15) is 32.0 Å². The Hall–Kier alpha value is -1.56. The van der Waals surface area contributed by atoms with Crippen molar-refractivity contribution in [1.29, 1.82) is 0 Å². The second-order valence-electron chi connectivity index (χ2n) is 6.57. The lowest BCUT2D eigenvalue weighted by atomic mass is 9.97. The van der Waals surface area contributed by atoms with E-state index in [9.17, 15) is 4.79 Å². The number of amides is 2. The number of rotatable bonds is 4. The van der Waals surface area contributed by atoms with E-state index in [-0.39, 0.29) is 18.2 Å². The normalized spacial score (nSPS) is 25.5. The van der Waals surface area contributed by atoms with Crippen molar-refractivity contribution in [3.8, 4) is 0 Å². The minimum atomic E-state index is -0.00286. The lowest BCUT2D eigenvalue weighted by molar-refractivity contribution is 0.0834. The van der Waals surface area contributed by atoms with Gasteiger partial charge in [-0.3, -0.25) is 0 Å². The number of aromatic nitrogens is 2. The van der Waals surface area contributed by atoms with Crippen LogP contribution >= 0.6 is 0 Å². The summed E-state index contributed by atoms with van der Waals surface area (Å²) in [5.74, 6) is 1.63. The molecule has 1 saturated heterocycles. The number of nitrogens with one attached hydrogen (secondary N) is 1. The van der Waals surface area contributed by atoms with Crippen LogP contribution in [0.3, 0.4) is 0 Å². The van der Waals surface area contributed by atoms with Gasteiger partial charge in [0, 0.05) is 45.6 Å². The second kappa shape index (κ2) is 6.69. The van der Waals surface area contributed by atoms with Gasteiger partial charge in [0.15, 0.2) is 0 Å². The average Bonchev–Trinajstić information content (AvgIpc) is 3.18. The summed E-state index contributed by atoms with van der Waals surface area (Å²) in [6.07, 6.45) is 8.24. The highest BCUT2D eigenvalue weighted by atomic mass is 16.5. The Morgan fingerprint density at radius 2 is 2.45 bits per heavy atom. The van der Waals surface area contributed by atoms with Crippen LogP contribution in [0.2, 0.25) is 0 Å². The van der Waals surface area contributed by atoms with Gasteiger partial charge in [0.1, 0.15) is 5.82 Å². The first-order valence-electron chi connectivity index (χ1n) is 8.26. The fraction of sp³-hybridized carbons (Fsp3) is 0.750. The zero-order valence-electron chi connectivity index (χ0n) is 13.5. The van der Waals surface area contributed by atoms with Crippen LogP contribution in [0, 0.1) is 5.92 Å². The number of aryl methyl sites for hydroxylation is 1. The zero-order valence-corrected chi connectivity index (χ0v) is 13.5. The Kier molecular flexibility index (Phi) is 4.66. The Balaban J connectivity index is 1.47. The molecule has 1 aromatic heterocycles. The van der Waals surface area contributed by atoms with Crippen molar-refractivity contribution in [1.82, 2.24) is 19.8 Å². The topological polar surface area (TPSA) is 59.4 Å². The van der Waals surface area contributed by atoms with Gasteiger partial charge in [0.2, 0.25) is 0 Å². The van der Waals surface area contributed by atoms with Gasteiger partial charge in [0.05, 0.1) is 12.1 Å². The van der Waals surface area contributed by atoms with Crippen LogP contribution in [0.25, 0.3) is 0 Å². The molecule has 2 aliphatic heterocycles. The van der Waals surface area contributed by atoms with Crippen molar-refractivity contribution >= 4 is 6.03 Å². The number of hydrogen-bond acceptors (Lipinski definition) is 3. The molecule has 1 fully saturated rings. The van der Waals surface area contributed by atoms with Gasteiger partial charge in [-0.25, -0.2) is 9.78 Å². The predicted molar refractivity (Wildman–Crippen MR) is 83.6 cm³/mol. The fourth-order valence-electron chi connectivity index (χ4n) is 3.44. The minimum absolute atomic E-state index is 0.00286. The molecule has 3 rings (SSSR count). The molecule has 3 atom stereocenters. The molecular formula is C16H26N4O2. The lowest BCUT2D eigenvalue weighted by Gasteiger charge is -2.29. The molecule has 22 heavy (non-hydrogen) atoms. The molecule has 1 N–H and O–H groups in total. The summed E-state index contributed by atoms with van der Waals surface area (Å²) in [5, 5.41) is 3.07. The van der Waals surface area contributed by atoms with Crippen LogP contribution in [0.4, 0.5) is 4.79 Å². The van der Waals surface area contributed by atoms with Crippen molar-refractivity contribution in [2.45, 2.75) is 51.3 Å². The molecule has 6 nitrogen and oxygen atoms in total. The molecule has 6 heteroatoms. The van der Waals surface area contributed by atoms with Crippen LogP contribution < -0.4 is 5.32 Å². The summed E-state index contributed by atoms with van der Waals surface area (Å²) in [6.45, 7) is 4.62. The number of carbonyl (C=O) groups is 1. The summed E-state index contributed by atoms with van der Waals surface area (Å²) in [7, 11) is 1.87. The molecule has 2 aliphatic rings. The summed E-state index contributed by atoms with van der Waals surface area (Å²) in [5.41, 5.74) is 0. The Bertz CT molecular complexity index is 510. The van der Waals surface area contributed by atoms with E-state index in [1.165, 1.54) is 0 Å². The smallest absolute Gasteiger partial charge is 0.317 e. The molecule has 0 spiro atoms. The maximum atomic E-state index is 12.3. The molecular weight excluding hydrogens is 280 g/mol. The maximum absolute atomic E-state index is 12.3. The quantitative estimate of drug-likeness (QED) is 0.920. The van der Waals surface area contributed by atoms with E-state index in [2.05, 4.69) is 14.9 Å². The predicted octanol–water partition coefficient (Wildman–Crippen LogP) is 1.65. The minimum Gasteiger partial charge on any atom is -0.376 e. The number of fused-ring (bicyclic) bond motifs is 1. The lowest BCUT2D eigenvalue weighted by Crippen LogP contribution is -2.48. The van der Waals surface area contributed by atoms with E-state index >= 15 is 0 Å². The third kappa shape index (κ3) is 3.43. The van der Waals surface area contributed by atoms with E-state index in [4.69, 9.17) is 4.74 Å². The Morgan fingerprint density at radius 1 is 1.59 bits per heavy atom. The molecule has 3 heterocycles. The molecule has 0 bridgehead atoms. The Labute approximate surface area is 131 Å². The highest BCUT2D eigenvalue weighted by molar-refractivity contribution is 5.74. The molecule has 0 aromatic carbocycles. The average molecular weight is 306 g/mol. The molecule has 0 radical (unpaired) electrons. The molecule has 0 aliphatic carbocycles. The summed E-state index contributed by atoms with van der Waals surface area (Å²) in [6, 6.07) is 0.0691. The number of carbonyl (C=O) groups excluding carboxylic acids is 1. The summed E-state index contributed by atoms with van der Waals surface area (Å²) >= 11 is 0. The number of urea groups is 1. The van der Waals surface area contributed by atoms with Crippen LogP contribution in [0.15, 0.2) is 12.4 Å². The van der Waals surface area contributed by atoms with Gasteiger partial charge >= 0.3 is 6.03 Å². The molecule has 2 amide bonds. The molecule has 122 valence electrons. The number of hydrogen-bond donors (Lipinski definition) is 1. The first kappa shape index (κ1) is 15.3. The summed E-state index contributed by atoms with van der Waals surface area (Å²) < 4.78 is 7.84. The van der Waals surface area contributed by atoms with Crippen molar-refractivity contribution in [3.05, 3.63) is 18.2 Å². The molecule has 0 saturated carbocycles. The third-order valence-electron chi connectivity index (χ3n) is 4.80. The van der Waals surface area contributed by atoms with Crippen molar-refractivity contribution < 1.29 is 9.53 Å². The van der Waals surface area contributed by atoms with Crippen molar-refractivity contribution in [3.63, 3.8) is 0 Å². The number of ether oxygens (including phenoxy) is 1. The Morgan fingerprint density at radius 3 is 3.23 bits per heavy atom. The van der Waals surface area contributed by atoms with E-state index < -0.39 is 0 Å². The van der Waals surface area contributed by atoms with Crippen molar-refractivity contribution in [2.24, 2.45) is 5.92 Å². The zero-order chi connectivity index (χ0) is 15.5. The molecule has 1 aromatic rings. The maximum Gasteiger partial charge on any atom is 0.317 e. The number of imidazole rings is 1. The van der Waals surface area contributed by atoms with Crippen molar-refractivity contribution in [2.75, 3.05) is 20.2 Å². The first-order valence-corrected chi connectivity index (χ1v) is 8.26. The highest BCUT2D eigenvalue weighted by Gasteiger charge is 2.26.